The molecule has 0 aliphatic heterocycles. The van der Waals surface area contributed by atoms with Gasteiger partial charge in [-0.05, 0) is 50.4 Å². The molecule has 0 fully saturated rings. The molecular weight excluding hydrogens is 496 g/mol. The summed E-state index contributed by atoms with van der Waals surface area (Å²) in [7, 11) is 0. The summed E-state index contributed by atoms with van der Waals surface area (Å²) in [5.74, 6) is 0.216. The zero-order valence-electron chi connectivity index (χ0n) is 27.8. The molecule has 4 heteroatoms. The van der Waals surface area contributed by atoms with E-state index in [0.29, 0.717) is 49.0 Å². The average Bonchev–Trinajstić information content (AvgIpc) is 2.97. The molecule has 0 aromatic heterocycles. The maximum Gasteiger partial charge on any atom is 0.334 e. The van der Waals surface area contributed by atoms with E-state index in [9.17, 15) is 9.59 Å². The summed E-state index contributed by atoms with van der Waals surface area (Å²) in [6.07, 6.45) is 23.8. The number of carbonyl (C=O) groups excluding carboxylic acids is 2. The Morgan fingerprint density at radius 3 is 1.10 bits per heavy atom. The Kier molecular flexibility index (Phi) is 26.9. The highest BCUT2D eigenvalue weighted by Gasteiger charge is 2.24. The highest BCUT2D eigenvalue weighted by molar-refractivity contribution is 6.00. The van der Waals surface area contributed by atoms with Crippen molar-refractivity contribution in [2.75, 3.05) is 13.2 Å². The van der Waals surface area contributed by atoms with Gasteiger partial charge in [0, 0.05) is 11.1 Å². The molecule has 0 saturated carbocycles. The quantitative estimate of drug-likeness (QED) is 0.0538. The Labute approximate surface area is 249 Å². The van der Waals surface area contributed by atoms with Crippen LogP contribution in [0.1, 0.15) is 183 Å². The lowest BCUT2D eigenvalue weighted by atomic mass is 9.95. The number of rotatable bonds is 28. The minimum atomic E-state index is -0.278. The van der Waals surface area contributed by atoms with Crippen LogP contribution in [0, 0.1) is 11.8 Å². The lowest BCUT2D eigenvalue weighted by Crippen LogP contribution is -2.21. The Hall–Kier alpha value is -1.32. The van der Waals surface area contributed by atoms with Gasteiger partial charge in [0.25, 0.3) is 0 Å². The topological polar surface area (TPSA) is 52.6 Å². The van der Waals surface area contributed by atoms with Crippen molar-refractivity contribution in [3.8, 4) is 0 Å². The van der Waals surface area contributed by atoms with Gasteiger partial charge in [0.05, 0.1) is 13.2 Å². The molecule has 0 N–H and O–H groups in total. The van der Waals surface area contributed by atoms with Gasteiger partial charge in [0.2, 0.25) is 0 Å². The Morgan fingerprint density at radius 1 is 0.450 bits per heavy atom. The number of unbranched alkanes of at least 4 members (excludes halogenated alkanes) is 12. The minimum absolute atomic E-state index is 0.278. The van der Waals surface area contributed by atoms with Gasteiger partial charge >= 0.3 is 11.9 Å². The fourth-order valence-corrected chi connectivity index (χ4v) is 5.27. The first-order chi connectivity index (χ1) is 19.5. The summed E-state index contributed by atoms with van der Waals surface area (Å²) >= 11 is 0. The molecule has 2 atom stereocenters. The van der Waals surface area contributed by atoms with Crippen molar-refractivity contribution in [3.63, 3.8) is 0 Å². The number of carbonyl (C=O) groups is 2. The van der Waals surface area contributed by atoms with Crippen molar-refractivity contribution in [2.45, 2.75) is 183 Å². The Bertz CT molecular complexity index is 585. The standard InChI is InChI=1S/C36H68O4/c1-7-13-17-19-21-23-27-33(35(37)39-29-31(11-5)25-15-9-3)34(28-24-22-20-18-14-8-2)36(38)40-30-32(12-6)26-16-10-4/h31-32H,7-30H2,1-6H3/b34-33-. The van der Waals surface area contributed by atoms with Crippen molar-refractivity contribution in [3.05, 3.63) is 11.1 Å². The van der Waals surface area contributed by atoms with E-state index in [1.807, 2.05) is 0 Å². The maximum atomic E-state index is 13.6. The SMILES string of the molecule is CCCCCCCC/C(C(=O)OCC(CC)CCCC)=C(\CCCCCCCC)C(=O)OCC(CC)CCCC. The fourth-order valence-electron chi connectivity index (χ4n) is 5.27. The van der Waals surface area contributed by atoms with E-state index in [1.54, 1.807) is 0 Å². The molecule has 0 aromatic carbocycles. The minimum Gasteiger partial charge on any atom is -0.462 e. The molecule has 0 aromatic rings. The molecule has 0 aliphatic rings. The number of esters is 2. The highest BCUT2D eigenvalue weighted by Crippen LogP contribution is 2.25. The molecule has 0 heterocycles. The number of hydrogen-bond acceptors (Lipinski definition) is 4. The number of hydrogen-bond donors (Lipinski definition) is 0. The monoisotopic (exact) mass is 565 g/mol. The van der Waals surface area contributed by atoms with Gasteiger partial charge in [-0.15, -0.1) is 0 Å². The predicted octanol–water partition coefficient (Wildman–Crippen LogP) is 11.3. The zero-order valence-corrected chi connectivity index (χ0v) is 27.8. The summed E-state index contributed by atoms with van der Waals surface area (Å²) in [5.41, 5.74) is 1.20. The molecule has 0 bridgehead atoms. The first-order valence-electron chi connectivity index (χ1n) is 17.5. The van der Waals surface area contributed by atoms with Gasteiger partial charge in [0.15, 0.2) is 0 Å². The van der Waals surface area contributed by atoms with Crippen LogP contribution in [-0.4, -0.2) is 25.2 Å². The van der Waals surface area contributed by atoms with Crippen LogP contribution in [0.3, 0.4) is 0 Å². The lowest BCUT2D eigenvalue weighted by molar-refractivity contribution is -0.144. The summed E-state index contributed by atoms with van der Waals surface area (Å²) in [6.45, 7) is 14.1. The summed E-state index contributed by atoms with van der Waals surface area (Å²) in [4.78, 5) is 27.1. The third-order valence-corrected chi connectivity index (χ3v) is 8.40. The van der Waals surface area contributed by atoms with Crippen LogP contribution in [0.25, 0.3) is 0 Å². The van der Waals surface area contributed by atoms with Crippen LogP contribution in [0.4, 0.5) is 0 Å². The second-order valence-corrected chi connectivity index (χ2v) is 12.0. The normalized spacial score (nSPS) is 13.6. The van der Waals surface area contributed by atoms with Crippen molar-refractivity contribution in [2.24, 2.45) is 11.8 Å². The Morgan fingerprint density at radius 2 is 0.775 bits per heavy atom. The van der Waals surface area contributed by atoms with Crippen LogP contribution in [0.15, 0.2) is 11.1 Å². The average molecular weight is 565 g/mol. The second-order valence-electron chi connectivity index (χ2n) is 12.0. The van der Waals surface area contributed by atoms with E-state index in [4.69, 9.17) is 9.47 Å². The Balaban J connectivity index is 5.76. The van der Waals surface area contributed by atoms with Gasteiger partial charge in [0.1, 0.15) is 0 Å². The summed E-state index contributed by atoms with van der Waals surface area (Å²) in [6, 6.07) is 0. The van der Waals surface area contributed by atoms with Crippen LogP contribution in [0.2, 0.25) is 0 Å². The first-order valence-corrected chi connectivity index (χ1v) is 17.5. The fraction of sp³-hybridized carbons (Fsp3) is 0.889. The first kappa shape index (κ1) is 38.7. The van der Waals surface area contributed by atoms with Crippen LogP contribution < -0.4 is 0 Å². The van der Waals surface area contributed by atoms with E-state index in [-0.39, 0.29) is 11.9 Å². The lowest BCUT2D eigenvalue weighted by Gasteiger charge is -2.19. The van der Waals surface area contributed by atoms with Crippen LogP contribution in [-0.2, 0) is 19.1 Å². The third-order valence-electron chi connectivity index (χ3n) is 8.40. The van der Waals surface area contributed by atoms with E-state index in [1.165, 1.54) is 51.4 Å². The third kappa shape index (κ3) is 19.7. The van der Waals surface area contributed by atoms with E-state index >= 15 is 0 Å². The number of ether oxygens (including phenoxy) is 2. The van der Waals surface area contributed by atoms with E-state index in [0.717, 1.165) is 77.0 Å². The smallest absolute Gasteiger partial charge is 0.334 e. The largest absolute Gasteiger partial charge is 0.462 e. The van der Waals surface area contributed by atoms with Gasteiger partial charge in [-0.25, -0.2) is 9.59 Å². The molecule has 0 saturated heterocycles. The van der Waals surface area contributed by atoms with Gasteiger partial charge in [-0.2, -0.15) is 0 Å². The zero-order chi connectivity index (χ0) is 29.8. The van der Waals surface area contributed by atoms with Gasteiger partial charge in [-0.1, -0.05) is 144 Å². The molecule has 0 aliphatic carbocycles. The summed E-state index contributed by atoms with van der Waals surface area (Å²) < 4.78 is 11.9. The van der Waals surface area contributed by atoms with Gasteiger partial charge < -0.3 is 9.47 Å². The molecule has 0 spiro atoms. The van der Waals surface area contributed by atoms with Crippen LogP contribution in [0.5, 0.6) is 0 Å². The summed E-state index contributed by atoms with van der Waals surface area (Å²) in [5, 5.41) is 0. The maximum absolute atomic E-state index is 13.6. The van der Waals surface area contributed by atoms with Gasteiger partial charge in [-0.3, -0.25) is 0 Å². The van der Waals surface area contributed by atoms with E-state index < -0.39 is 0 Å². The van der Waals surface area contributed by atoms with Crippen molar-refractivity contribution in [1.82, 2.24) is 0 Å². The second kappa shape index (κ2) is 27.8. The molecule has 2 unspecified atom stereocenters. The highest BCUT2D eigenvalue weighted by atomic mass is 16.5. The van der Waals surface area contributed by atoms with Crippen molar-refractivity contribution < 1.29 is 19.1 Å². The molecule has 0 amide bonds. The molecule has 40 heavy (non-hydrogen) atoms. The molecule has 4 nitrogen and oxygen atoms in total. The molecule has 236 valence electrons. The van der Waals surface area contributed by atoms with Crippen molar-refractivity contribution >= 4 is 11.9 Å². The predicted molar refractivity (Wildman–Crippen MR) is 172 cm³/mol. The molecule has 0 radical (unpaired) electrons. The molecular formula is C36H68O4. The van der Waals surface area contributed by atoms with E-state index in [2.05, 4.69) is 41.5 Å². The molecule has 0 rings (SSSR count). The van der Waals surface area contributed by atoms with Crippen molar-refractivity contribution in [1.29, 1.82) is 0 Å². The van der Waals surface area contributed by atoms with Crippen LogP contribution >= 0.6 is 0 Å².